The van der Waals surface area contributed by atoms with Crippen molar-refractivity contribution in [2.24, 2.45) is 11.7 Å². The van der Waals surface area contributed by atoms with Gasteiger partial charge in [-0.1, -0.05) is 0 Å². The highest BCUT2D eigenvalue weighted by atomic mass is 16.4. The third kappa shape index (κ3) is 5.65. The standard InChI is InChI=1S/C11H20N2O4/c12-9-5-8(1-2-10(14)15)6-13(7-9)4-3-11(16)17/h8-9H,1-7,12H2,(H,14,15)(H,16,17). The van der Waals surface area contributed by atoms with E-state index in [-0.39, 0.29) is 24.8 Å². The Morgan fingerprint density at radius 3 is 2.41 bits per heavy atom. The SMILES string of the molecule is NC1CC(CCC(=O)O)CN(CCC(=O)O)C1. The van der Waals surface area contributed by atoms with E-state index in [2.05, 4.69) is 0 Å². The van der Waals surface area contributed by atoms with Crippen LogP contribution in [-0.4, -0.2) is 52.7 Å². The minimum Gasteiger partial charge on any atom is -0.481 e. The fourth-order valence-electron chi connectivity index (χ4n) is 2.32. The van der Waals surface area contributed by atoms with Gasteiger partial charge in [0.1, 0.15) is 0 Å². The molecule has 0 aromatic heterocycles. The number of nitrogens with zero attached hydrogens (tertiary/aromatic N) is 1. The Hall–Kier alpha value is -1.14. The van der Waals surface area contributed by atoms with Crippen molar-refractivity contribution in [1.82, 2.24) is 4.90 Å². The van der Waals surface area contributed by atoms with Gasteiger partial charge in [-0.2, -0.15) is 0 Å². The molecule has 98 valence electrons. The molecule has 0 saturated carbocycles. The molecule has 0 spiro atoms. The first-order valence-corrected chi connectivity index (χ1v) is 5.89. The minimum absolute atomic E-state index is 0.0244. The summed E-state index contributed by atoms with van der Waals surface area (Å²) >= 11 is 0. The van der Waals surface area contributed by atoms with Gasteiger partial charge in [0, 0.05) is 32.1 Å². The quantitative estimate of drug-likeness (QED) is 0.606. The summed E-state index contributed by atoms with van der Waals surface area (Å²) in [5, 5.41) is 17.2. The Bertz CT molecular complexity index is 257. The van der Waals surface area contributed by atoms with Crippen LogP contribution < -0.4 is 5.73 Å². The number of hydrogen-bond acceptors (Lipinski definition) is 4. The van der Waals surface area contributed by atoms with Crippen LogP contribution in [0.15, 0.2) is 0 Å². The van der Waals surface area contributed by atoms with E-state index in [4.69, 9.17) is 15.9 Å². The zero-order valence-corrected chi connectivity index (χ0v) is 9.84. The molecule has 0 radical (unpaired) electrons. The first kappa shape index (κ1) is 13.9. The predicted octanol–water partition coefficient (Wildman–Crippen LogP) is -0.0249. The highest BCUT2D eigenvalue weighted by molar-refractivity contribution is 5.67. The zero-order chi connectivity index (χ0) is 12.8. The molecule has 2 atom stereocenters. The number of carbonyl (C=O) groups is 2. The van der Waals surface area contributed by atoms with Crippen LogP contribution in [0.25, 0.3) is 0 Å². The Morgan fingerprint density at radius 1 is 1.18 bits per heavy atom. The van der Waals surface area contributed by atoms with E-state index in [1.807, 2.05) is 4.90 Å². The fraction of sp³-hybridized carbons (Fsp3) is 0.818. The molecule has 0 bridgehead atoms. The summed E-state index contributed by atoms with van der Waals surface area (Å²) in [7, 11) is 0. The second-order valence-corrected chi connectivity index (χ2v) is 4.70. The van der Waals surface area contributed by atoms with Crippen molar-refractivity contribution in [1.29, 1.82) is 0 Å². The summed E-state index contributed by atoms with van der Waals surface area (Å²) in [5.41, 5.74) is 5.89. The maximum Gasteiger partial charge on any atom is 0.304 e. The third-order valence-corrected chi connectivity index (χ3v) is 3.05. The van der Waals surface area contributed by atoms with Crippen molar-refractivity contribution in [2.45, 2.75) is 31.7 Å². The minimum atomic E-state index is -0.814. The lowest BCUT2D eigenvalue weighted by atomic mass is 9.90. The number of likely N-dealkylation sites (tertiary alicyclic amines) is 1. The average molecular weight is 244 g/mol. The molecule has 1 saturated heterocycles. The lowest BCUT2D eigenvalue weighted by molar-refractivity contribution is -0.138. The van der Waals surface area contributed by atoms with Crippen LogP contribution in [0.3, 0.4) is 0 Å². The summed E-state index contributed by atoms with van der Waals surface area (Å²) in [5.74, 6) is -1.34. The molecule has 0 aromatic rings. The maximum absolute atomic E-state index is 10.5. The molecule has 1 heterocycles. The van der Waals surface area contributed by atoms with Crippen LogP contribution in [0.5, 0.6) is 0 Å². The van der Waals surface area contributed by atoms with Gasteiger partial charge in [-0.3, -0.25) is 9.59 Å². The fourth-order valence-corrected chi connectivity index (χ4v) is 2.32. The van der Waals surface area contributed by atoms with Gasteiger partial charge in [-0.05, 0) is 18.8 Å². The smallest absolute Gasteiger partial charge is 0.304 e. The normalized spacial score (nSPS) is 25.7. The number of piperidine rings is 1. The van der Waals surface area contributed by atoms with Gasteiger partial charge < -0.3 is 20.8 Å². The van der Waals surface area contributed by atoms with Crippen LogP contribution in [0.4, 0.5) is 0 Å². The van der Waals surface area contributed by atoms with E-state index in [0.29, 0.717) is 19.5 Å². The Kier molecular flexibility index (Phi) is 5.37. The van der Waals surface area contributed by atoms with Crippen LogP contribution in [0.2, 0.25) is 0 Å². The number of hydrogen-bond donors (Lipinski definition) is 3. The van der Waals surface area contributed by atoms with Crippen LogP contribution in [0, 0.1) is 5.92 Å². The summed E-state index contributed by atoms with van der Waals surface area (Å²) in [6, 6.07) is 0.0244. The van der Waals surface area contributed by atoms with Gasteiger partial charge in [0.2, 0.25) is 0 Å². The molecule has 1 rings (SSSR count). The zero-order valence-electron chi connectivity index (χ0n) is 9.84. The van der Waals surface area contributed by atoms with Crippen molar-refractivity contribution < 1.29 is 19.8 Å². The van der Waals surface area contributed by atoms with Crippen molar-refractivity contribution in [2.75, 3.05) is 19.6 Å². The molecule has 4 N–H and O–H groups in total. The summed E-state index contributed by atoms with van der Waals surface area (Å²) in [4.78, 5) is 23.0. The first-order chi connectivity index (χ1) is 7.97. The topological polar surface area (TPSA) is 104 Å². The van der Waals surface area contributed by atoms with Gasteiger partial charge in [0.15, 0.2) is 0 Å². The Labute approximate surface area is 100 Å². The lowest BCUT2D eigenvalue weighted by Gasteiger charge is -2.36. The molecule has 0 aliphatic carbocycles. The van der Waals surface area contributed by atoms with Crippen LogP contribution >= 0.6 is 0 Å². The lowest BCUT2D eigenvalue weighted by Crippen LogP contribution is -2.47. The van der Waals surface area contributed by atoms with E-state index in [1.54, 1.807) is 0 Å². The molecule has 0 amide bonds. The van der Waals surface area contributed by atoms with Crippen molar-refractivity contribution >= 4 is 11.9 Å². The first-order valence-electron chi connectivity index (χ1n) is 5.89. The van der Waals surface area contributed by atoms with Gasteiger partial charge in [0.25, 0.3) is 0 Å². The molecule has 6 heteroatoms. The average Bonchev–Trinajstić information content (AvgIpc) is 2.23. The van der Waals surface area contributed by atoms with E-state index >= 15 is 0 Å². The number of aliphatic carboxylic acids is 2. The Morgan fingerprint density at radius 2 is 1.82 bits per heavy atom. The van der Waals surface area contributed by atoms with Gasteiger partial charge in [0.05, 0.1) is 6.42 Å². The summed E-state index contributed by atoms with van der Waals surface area (Å²) in [6.45, 7) is 1.96. The third-order valence-electron chi connectivity index (χ3n) is 3.05. The van der Waals surface area contributed by atoms with Crippen molar-refractivity contribution in [3.05, 3.63) is 0 Å². The van der Waals surface area contributed by atoms with Gasteiger partial charge >= 0.3 is 11.9 Å². The monoisotopic (exact) mass is 244 g/mol. The maximum atomic E-state index is 10.5. The molecule has 17 heavy (non-hydrogen) atoms. The summed E-state index contributed by atoms with van der Waals surface area (Å²) in [6.07, 6.45) is 1.71. The number of carboxylic acids is 2. The second-order valence-electron chi connectivity index (χ2n) is 4.70. The highest BCUT2D eigenvalue weighted by Crippen LogP contribution is 2.20. The second kappa shape index (κ2) is 6.56. The van der Waals surface area contributed by atoms with E-state index in [9.17, 15) is 9.59 Å². The predicted molar refractivity (Wildman–Crippen MR) is 61.6 cm³/mol. The summed E-state index contributed by atoms with van der Waals surface area (Å²) < 4.78 is 0. The highest BCUT2D eigenvalue weighted by Gasteiger charge is 2.25. The Balaban J connectivity index is 2.36. The molecule has 1 aliphatic rings. The molecule has 1 fully saturated rings. The molecule has 2 unspecified atom stereocenters. The van der Waals surface area contributed by atoms with Crippen LogP contribution in [0.1, 0.15) is 25.7 Å². The number of nitrogens with two attached hydrogens (primary N) is 1. The van der Waals surface area contributed by atoms with Crippen molar-refractivity contribution in [3.63, 3.8) is 0 Å². The van der Waals surface area contributed by atoms with E-state index < -0.39 is 11.9 Å². The van der Waals surface area contributed by atoms with Crippen LogP contribution in [-0.2, 0) is 9.59 Å². The van der Waals surface area contributed by atoms with Gasteiger partial charge in [-0.15, -0.1) is 0 Å². The number of rotatable bonds is 6. The molecular formula is C11H20N2O4. The largest absolute Gasteiger partial charge is 0.481 e. The molecular weight excluding hydrogens is 224 g/mol. The van der Waals surface area contributed by atoms with Crippen molar-refractivity contribution in [3.8, 4) is 0 Å². The molecule has 1 aliphatic heterocycles. The van der Waals surface area contributed by atoms with Gasteiger partial charge in [-0.25, -0.2) is 0 Å². The number of carboxylic acid groups (broad SMARTS) is 2. The molecule has 6 nitrogen and oxygen atoms in total. The van der Waals surface area contributed by atoms with E-state index in [1.165, 1.54) is 0 Å². The van der Waals surface area contributed by atoms with E-state index in [0.717, 1.165) is 13.0 Å². The molecule has 0 aromatic carbocycles.